The maximum absolute atomic E-state index is 11.9. The Labute approximate surface area is 170 Å². The molecule has 152 valence electrons. The average Bonchev–Trinajstić information content (AvgIpc) is 3.57. The molecule has 2 aliphatic rings. The molecule has 0 amide bonds. The van der Waals surface area contributed by atoms with Gasteiger partial charge in [0.15, 0.2) is 11.9 Å². The van der Waals surface area contributed by atoms with Crippen molar-refractivity contribution in [3.8, 4) is 5.75 Å². The van der Waals surface area contributed by atoms with E-state index < -0.39 is 5.60 Å². The highest BCUT2D eigenvalue weighted by molar-refractivity contribution is 5.83. The van der Waals surface area contributed by atoms with E-state index >= 15 is 0 Å². The van der Waals surface area contributed by atoms with Crippen molar-refractivity contribution in [3.63, 3.8) is 0 Å². The topological polar surface area (TPSA) is 77.4 Å². The SMILES string of the molecule is CO[C@@](C=O)(COC1=CC=CC=CC(C2C=N2)=C1)Cc1ccc(OCCO)cc1. The van der Waals surface area contributed by atoms with Gasteiger partial charge < -0.3 is 19.3 Å². The zero-order chi connectivity index (χ0) is 20.5. The number of ether oxygens (including phenoxy) is 3. The Balaban J connectivity index is 1.66. The molecule has 6 nitrogen and oxygen atoms in total. The first-order chi connectivity index (χ1) is 14.2. The van der Waals surface area contributed by atoms with Gasteiger partial charge in [-0.25, -0.2) is 0 Å². The standard InChI is InChI=1S/C23H25NO5/c1-27-23(16-26,14-18-7-9-20(10-8-18)28-12-11-25)17-29-21-6-4-2-3-5-19(13-21)22-15-24-22/h2-10,13,15-16,22,25H,11-12,14,17H2,1H3/t22?,23-/m0/s1. The van der Waals surface area contributed by atoms with E-state index in [4.69, 9.17) is 19.3 Å². The van der Waals surface area contributed by atoms with Crippen LogP contribution in [0, 0.1) is 0 Å². The van der Waals surface area contributed by atoms with Crippen LogP contribution in [-0.2, 0) is 20.7 Å². The highest BCUT2D eigenvalue weighted by atomic mass is 16.5. The number of rotatable bonds is 11. The number of hydrogen-bond donors (Lipinski definition) is 1. The lowest BCUT2D eigenvalue weighted by molar-refractivity contribution is -0.133. The average molecular weight is 395 g/mol. The van der Waals surface area contributed by atoms with Gasteiger partial charge in [0.2, 0.25) is 0 Å². The zero-order valence-electron chi connectivity index (χ0n) is 16.4. The minimum Gasteiger partial charge on any atom is -0.491 e. The van der Waals surface area contributed by atoms with Crippen molar-refractivity contribution in [2.45, 2.75) is 18.1 Å². The van der Waals surface area contributed by atoms with Crippen molar-refractivity contribution in [2.24, 2.45) is 4.99 Å². The number of aliphatic hydroxyl groups excluding tert-OH is 1. The van der Waals surface area contributed by atoms with Gasteiger partial charge in [-0.1, -0.05) is 36.4 Å². The molecule has 1 N–H and O–H groups in total. The Hall–Kier alpha value is -2.96. The normalized spacial score (nSPS) is 19.4. The fourth-order valence-corrected chi connectivity index (χ4v) is 2.85. The smallest absolute Gasteiger partial charge is 0.160 e. The molecule has 1 aliphatic carbocycles. The number of aliphatic imine (C=N–C) groups is 1. The summed E-state index contributed by atoms with van der Waals surface area (Å²) in [5.74, 6) is 1.31. The van der Waals surface area contributed by atoms with Crippen LogP contribution in [0.25, 0.3) is 0 Å². The number of methoxy groups -OCH3 is 1. The molecule has 3 rings (SSSR count). The second kappa shape index (κ2) is 10.0. The van der Waals surface area contributed by atoms with Gasteiger partial charge in [-0.05, 0) is 35.4 Å². The summed E-state index contributed by atoms with van der Waals surface area (Å²) in [5.41, 5.74) is 0.838. The van der Waals surface area contributed by atoms with E-state index in [0.29, 0.717) is 17.9 Å². The largest absolute Gasteiger partial charge is 0.491 e. The third-order valence-electron chi connectivity index (χ3n) is 4.61. The first-order valence-corrected chi connectivity index (χ1v) is 9.45. The Morgan fingerprint density at radius 1 is 1.17 bits per heavy atom. The molecule has 0 spiro atoms. The van der Waals surface area contributed by atoms with Crippen molar-refractivity contribution in [1.29, 1.82) is 0 Å². The Kier molecular flexibility index (Phi) is 7.16. The van der Waals surface area contributed by atoms with Gasteiger partial charge in [0.1, 0.15) is 30.8 Å². The van der Waals surface area contributed by atoms with Crippen molar-refractivity contribution >= 4 is 12.5 Å². The van der Waals surface area contributed by atoms with Crippen LogP contribution in [0.15, 0.2) is 77.0 Å². The first kappa shape index (κ1) is 20.8. The summed E-state index contributed by atoms with van der Waals surface area (Å²) in [6.07, 6.45) is 14.6. The molecule has 0 radical (unpaired) electrons. The maximum Gasteiger partial charge on any atom is 0.160 e. The fraction of sp³-hybridized carbons (Fsp3) is 0.304. The summed E-state index contributed by atoms with van der Waals surface area (Å²) in [4.78, 5) is 16.1. The monoisotopic (exact) mass is 395 g/mol. The van der Waals surface area contributed by atoms with Crippen molar-refractivity contribution in [2.75, 3.05) is 26.9 Å². The number of allylic oxidation sites excluding steroid dienone is 5. The molecule has 0 fully saturated rings. The van der Waals surface area contributed by atoms with E-state index in [2.05, 4.69) is 4.99 Å². The third-order valence-corrected chi connectivity index (χ3v) is 4.61. The van der Waals surface area contributed by atoms with Crippen LogP contribution < -0.4 is 4.74 Å². The number of nitrogens with zero attached hydrogens (tertiary/aromatic N) is 1. The van der Waals surface area contributed by atoms with E-state index in [0.717, 1.165) is 17.4 Å². The van der Waals surface area contributed by atoms with E-state index in [1.807, 2.05) is 54.8 Å². The molecule has 0 saturated heterocycles. The first-order valence-electron chi connectivity index (χ1n) is 9.45. The van der Waals surface area contributed by atoms with Crippen LogP contribution in [-0.4, -0.2) is 56.2 Å². The summed E-state index contributed by atoms with van der Waals surface area (Å²) in [5, 5.41) is 8.83. The minimum atomic E-state index is -1.11. The third kappa shape index (κ3) is 6.01. The van der Waals surface area contributed by atoms with Gasteiger partial charge >= 0.3 is 0 Å². The van der Waals surface area contributed by atoms with Crippen LogP contribution in [0.5, 0.6) is 5.75 Å². The van der Waals surface area contributed by atoms with Gasteiger partial charge in [-0.2, -0.15) is 0 Å². The molecule has 0 saturated carbocycles. The number of carbonyl (C=O) groups is 1. The van der Waals surface area contributed by atoms with Crippen LogP contribution in [0.3, 0.4) is 0 Å². The molecule has 29 heavy (non-hydrogen) atoms. The number of hydrogen-bond acceptors (Lipinski definition) is 6. The second-order valence-electron chi connectivity index (χ2n) is 6.77. The quantitative estimate of drug-likeness (QED) is 0.583. The maximum atomic E-state index is 11.9. The minimum absolute atomic E-state index is 0.0408. The summed E-state index contributed by atoms with van der Waals surface area (Å²) < 4.78 is 16.9. The molecule has 0 aromatic heterocycles. The van der Waals surface area contributed by atoms with Crippen LogP contribution in [0.4, 0.5) is 0 Å². The molecule has 1 aliphatic heterocycles. The number of carbonyl (C=O) groups excluding carboxylic acids is 1. The lowest BCUT2D eigenvalue weighted by Crippen LogP contribution is -2.41. The number of benzene rings is 1. The molecule has 6 heteroatoms. The van der Waals surface area contributed by atoms with Gasteiger partial charge in [0, 0.05) is 19.7 Å². The lowest BCUT2D eigenvalue weighted by atomic mass is 9.96. The molecular weight excluding hydrogens is 370 g/mol. The predicted molar refractivity (Wildman–Crippen MR) is 111 cm³/mol. The van der Waals surface area contributed by atoms with Gasteiger partial charge in [-0.3, -0.25) is 9.79 Å². The number of aliphatic hydroxyl groups is 1. The highest BCUT2D eigenvalue weighted by Crippen LogP contribution is 2.23. The van der Waals surface area contributed by atoms with Gasteiger partial charge in [0.25, 0.3) is 0 Å². The van der Waals surface area contributed by atoms with Crippen molar-refractivity contribution < 1.29 is 24.1 Å². The van der Waals surface area contributed by atoms with Crippen molar-refractivity contribution in [3.05, 3.63) is 77.6 Å². The van der Waals surface area contributed by atoms with Crippen LogP contribution in [0.1, 0.15) is 5.56 Å². The van der Waals surface area contributed by atoms with Crippen LogP contribution >= 0.6 is 0 Å². The molecule has 1 heterocycles. The molecule has 1 aromatic rings. The Morgan fingerprint density at radius 3 is 2.62 bits per heavy atom. The fourth-order valence-electron chi connectivity index (χ4n) is 2.85. The summed E-state index contributed by atoms with van der Waals surface area (Å²) in [7, 11) is 1.50. The highest BCUT2D eigenvalue weighted by Gasteiger charge is 2.31. The zero-order valence-corrected chi connectivity index (χ0v) is 16.4. The molecule has 1 aromatic carbocycles. The molecule has 1 unspecified atom stereocenters. The van der Waals surface area contributed by atoms with Crippen molar-refractivity contribution in [1.82, 2.24) is 0 Å². The molecular formula is C23H25NO5. The van der Waals surface area contributed by atoms with Gasteiger partial charge in [-0.15, -0.1) is 0 Å². The van der Waals surface area contributed by atoms with Gasteiger partial charge in [0.05, 0.1) is 6.61 Å². The lowest BCUT2D eigenvalue weighted by Gasteiger charge is -2.27. The molecule has 0 bridgehead atoms. The number of aldehydes is 1. The van der Waals surface area contributed by atoms with E-state index in [-0.39, 0.29) is 25.9 Å². The summed E-state index contributed by atoms with van der Waals surface area (Å²) in [6, 6.07) is 7.45. The van der Waals surface area contributed by atoms with E-state index in [1.165, 1.54) is 7.11 Å². The molecule has 2 atom stereocenters. The summed E-state index contributed by atoms with van der Waals surface area (Å²) in [6.45, 7) is 0.277. The summed E-state index contributed by atoms with van der Waals surface area (Å²) >= 11 is 0. The van der Waals surface area contributed by atoms with E-state index in [1.54, 1.807) is 12.1 Å². The van der Waals surface area contributed by atoms with Crippen LogP contribution in [0.2, 0.25) is 0 Å². The Morgan fingerprint density at radius 2 is 1.97 bits per heavy atom. The second-order valence-corrected chi connectivity index (χ2v) is 6.77. The van der Waals surface area contributed by atoms with E-state index in [9.17, 15) is 4.79 Å². The Bertz CT molecular complexity index is 845. The predicted octanol–water partition coefficient (Wildman–Crippen LogP) is 2.59.